The summed E-state index contributed by atoms with van der Waals surface area (Å²) in [5.74, 6) is 0.754. The Bertz CT molecular complexity index is 604. The molecule has 7 nitrogen and oxygen atoms in total. The molecule has 2 aliphatic heterocycles. The highest BCUT2D eigenvalue weighted by atomic mass is 35.5. The molecule has 0 saturated carbocycles. The summed E-state index contributed by atoms with van der Waals surface area (Å²) in [6.45, 7) is 6.18. The van der Waals surface area contributed by atoms with Crippen molar-refractivity contribution in [1.29, 1.82) is 0 Å². The Morgan fingerprint density at radius 1 is 1.41 bits per heavy atom. The maximum Gasteiger partial charge on any atom is 0.300 e. The van der Waals surface area contributed by atoms with Crippen molar-refractivity contribution in [1.82, 2.24) is 19.7 Å². The monoisotopic (exact) mass is 323 g/mol. The molecule has 0 N–H and O–H groups in total. The SMILES string of the molecule is CCN1CC([N+](=O)[O-])=C2N(Cc3ccc(Cl)nc3)CCN2C1. The van der Waals surface area contributed by atoms with Crippen LogP contribution in [0.1, 0.15) is 12.5 Å². The van der Waals surface area contributed by atoms with Crippen LogP contribution in [0.5, 0.6) is 0 Å². The lowest BCUT2D eigenvalue weighted by atomic mass is 10.2. The number of likely N-dealkylation sites (N-methyl/N-ethyl adjacent to an activating group) is 1. The van der Waals surface area contributed by atoms with Crippen LogP contribution in [0.2, 0.25) is 5.15 Å². The molecule has 3 heterocycles. The third-order valence-electron chi connectivity index (χ3n) is 4.07. The third-order valence-corrected chi connectivity index (χ3v) is 4.29. The lowest BCUT2D eigenvalue weighted by Crippen LogP contribution is -2.44. The maximum absolute atomic E-state index is 11.4. The van der Waals surface area contributed by atoms with Crippen LogP contribution >= 0.6 is 11.6 Å². The molecule has 1 aromatic heterocycles. The number of rotatable bonds is 4. The Morgan fingerprint density at radius 3 is 2.86 bits per heavy atom. The molecule has 0 amide bonds. The summed E-state index contributed by atoms with van der Waals surface area (Å²) in [4.78, 5) is 21.5. The van der Waals surface area contributed by atoms with Gasteiger partial charge in [0, 0.05) is 25.8 Å². The van der Waals surface area contributed by atoms with Crippen LogP contribution in [-0.2, 0) is 6.54 Å². The van der Waals surface area contributed by atoms with Gasteiger partial charge in [0.15, 0.2) is 5.82 Å². The van der Waals surface area contributed by atoms with E-state index in [0.29, 0.717) is 18.2 Å². The zero-order valence-corrected chi connectivity index (χ0v) is 13.2. The Hall–Kier alpha value is -1.86. The van der Waals surface area contributed by atoms with Crippen molar-refractivity contribution in [2.45, 2.75) is 13.5 Å². The summed E-state index contributed by atoms with van der Waals surface area (Å²) in [5, 5.41) is 11.9. The van der Waals surface area contributed by atoms with Crippen LogP contribution < -0.4 is 0 Å². The Morgan fingerprint density at radius 2 is 2.23 bits per heavy atom. The molecule has 1 fully saturated rings. The number of hydrogen-bond donors (Lipinski definition) is 0. The minimum absolute atomic E-state index is 0.247. The van der Waals surface area contributed by atoms with E-state index in [1.54, 1.807) is 12.3 Å². The molecule has 0 radical (unpaired) electrons. The molecule has 3 rings (SSSR count). The van der Waals surface area contributed by atoms with E-state index in [4.69, 9.17) is 11.6 Å². The summed E-state index contributed by atoms with van der Waals surface area (Å²) in [7, 11) is 0. The molecule has 0 spiro atoms. The van der Waals surface area contributed by atoms with E-state index in [9.17, 15) is 10.1 Å². The average Bonchev–Trinajstić information content (AvgIpc) is 2.91. The molecule has 2 aliphatic rings. The third kappa shape index (κ3) is 2.86. The van der Waals surface area contributed by atoms with Gasteiger partial charge in [-0.05, 0) is 18.2 Å². The second-order valence-electron chi connectivity index (χ2n) is 5.49. The van der Waals surface area contributed by atoms with E-state index in [1.165, 1.54) is 0 Å². The predicted molar refractivity (Wildman–Crippen MR) is 82.5 cm³/mol. The number of pyridine rings is 1. The molecule has 8 heteroatoms. The van der Waals surface area contributed by atoms with E-state index in [2.05, 4.69) is 19.7 Å². The van der Waals surface area contributed by atoms with Crippen molar-refractivity contribution in [3.63, 3.8) is 0 Å². The Labute approximate surface area is 133 Å². The van der Waals surface area contributed by atoms with Gasteiger partial charge < -0.3 is 9.80 Å². The van der Waals surface area contributed by atoms with Gasteiger partial charge in [-0.25, -0.2) is 4.98 Å². The van der Waals surface area contributed by atoms with Gasteiger partial charge in [-0.1, -0.05) is 24.6 Å². The van der Waals surface area contributed by atoms with Crippen molar-refractivity contribution in [3.8, 4) is 0 Å². The van der Waals surface area contributed by atoms with Gasteiger partial charge in [-0.15, -0.1) is 0 Å². The van der Waals surface area contributed by atoms with Crippen LogP contribution in [0, 0.1) is 10.1 Å². The molecular formula is C14H18ClN5O2. The molecule has 118 valence electrons. The van der Waals surface area contributed by atoms with Crippen molar-refractivity contribution < 1.29 is 4.92 Å². The first-order chi connectivity index (χ1) is 10.6. The smallest absolute Gasteiger partial charge is 0.300 e. The minimum atomic E-state index is -0.247. The lowest BCUT2D eigenvalue weighted by Gasteiger charge is -2.34. The van der Waals surface area contributed by atoms with Crippen LogP contribution in [0.15, 0.2) is 29.8 Å². The summed E-state index contributed by atoms with van der Waals surface area (Å²) < 4.78 is 0. The molecular weight excluding hydrogens is 306 g/mol. The van der Waals surface area contributed by atoms with Gasteiger partial charge >= 0.3 is 0 Å². The van der Waals surface area contributed by atoms with Gasteiger partial charge in [-0.2, -0.15) is 0 Å². The fraction of sp³-hybridized carbons (Fsp3) is 0.500. The van der Waals surface area contributed by atoms with Crippen molar-refractivity contribution in [3.05, 3.63) is 50.7 Å². The Balaban J connectivity index is 1.86. The number of nitrogens with zero attached hydrogens (tertiary/aromatic N) is 5. The molecule has 1 aromatic rings. The van der Waals surface area contributed by atoms with Crippen molar-refractivity contribution in [2.75, 3.05) is 32.8 Å². The molecule has 0 atom stereocenters. The molecule has 1 saturated heterocycles. The average molecular weight is 324 g/mol. The fourth-order valence-corrected chi connectivity index (χ4v) is 3.07. The van der Waals surface area contributed by atoms with Crippen LogP contribution in [0.25, 0.3) is 0 Å². The lowest BCUT2D eigenvalue weighted by molar-refractivity contribution is -0.433. The number of halogens is 1. The van der Waals surface area contributed by atoms with E-state index in [-0.39, 0.29) is 10.6 Å². The maximum atomic E-state index is 11.4. The van der Waals surface area contributed by atoms with E-state index in [0.717, 1.165) is 37.7 Å². The second-order valence-corrected chi connectivity index (χ2v) is 5.88. The highest BCUT2D eigenvalue weighted by Crippen LogP contribution is 2.28. The standard InChI is InChI=1S/C14H18ClN5O2/c1-2-17-9-12(20(21)22)14-18(5-6-19(14)10-17)8-11-3-4-13(15)16-7-11/h3-4,7H,2,5-6,8-10H2,1H3. The molecule has 0 unspecified atom stereocenters. The summed E-state index contributed by atoms with van der Waals surface area (Å²) >= 11 is 5.80. The zero-order valence-electron chi connectivity index (χ0n) is 12.4. The van der Waals surface area contributed by atoms with Crippen molar-refractivity contribution >= 4 is 11.6 Å². The van der Waals surface area contributed by atoms with Gasteiger partial charge in [0.2, 0.25) is 0 Å². The van der Waals surface area contributed by atoms with E-state index < -0.39 is 0 Å². The Kier molecular flexibility index (Phi) is 4.17. The van der Waals surface area contributed by atoms with Gasteiger partial charge in [0.05, 0.1) is 18.1 Å². The summed E-state index contributed by atoms with van der Waals surface area (Å²) in [5.41, 5.74) is 1.28. The van der Waals surface area contributed by atoms with Gasteiger partial charge in [0.25, 0.3) is 5.70 Å². The first-order valence-electron chi connectivity index (χ1n) is 7.28. The highest BCUT2D eigenvalue weighted by Gasteiger charge is 2.38. The first kappa shape index (κ1) is 15.1. The van der Waals surface area contributed by atoms with E-state index in [1.807, 2.05) is 13.0 Å². The first-order valence-corrected chi connectivity index (χ1v) is 7.66. The normalized spacial score (nSPS) is 18.8. The largest absolute Gasteiger partial charge is 0.347 e. The summed E-state index contributed by atoms with van der Waals surface area (Å²) in [6.07, 6.45) is 1.72. The second kappa shape index (κ2) is 6.10. The topological polar surface area (TPSA) is 65.8 Å². The van der Waals surface area contributed by atoms with Crippen LogP contribution in [-0.4, -0.2) is 57.5 Å². The highest BCUT2D eigenvalue weighted by molar-refractivity contribution is 6.29. The predicted octanol–water partition coefficient (Wildman–Crippen LogP) is 1.59. The quantitative estimate of drug-likeness (QED) is 0.476. The fourth-order valence-electron chi connectivity index (χ4n) is 2.96. The molecule has 0 bridgehead atoms. The van der Waals surface area contributed by atoms with Crippen LogP contribution in [0.4, 0.5) is 0 Å². The molecule has 0 aromatic carbocycles. The summed E-state index contributed by atoms with van der Waals surface area (Å²) in [6, 6.07) is 3.65. The molecule has 0 aliphatic carbocycles. The number of aromatic nitrogens is 1. The van der Waals surface area contributed by atoms with Crippen molar-refractivity contribution in [2.24, 2.45) is 0 Å². The molecule has 22 heavy (non-hydrogen) atoms. The number of nitro groups is 1. The van der Waals surface area contributed by atoms with Crippen LogP contribution in [0.3, 0.4) is 0 Å². The number of hydrogen-bond acceptors (Lipinski definition) is 6. The van der Waals surface area contributed by atoms with Gasteiger partial charge in [0.1, 0.15) is 5.15 Å². The minimum Gasteiger partial charge on any atom is -0.347 e. The van der Waals surface area contributed by atoms with E-state index >= 15 is 0 Å². The number of fused-ring (bicyclic) bond motifs is 1. The van der Waals surface area contributed by atoms with Gasteiger partial charge in [-0.3, -0.25) is 15.0 Å². The zero-order chi connectivity index (χ0) is 15.7.